The highest BCUT2D eigenvalue weighted by Crippen LogP contribution is 2.48. The van der Waals surface area contributed by atoms with E-state index in [4.69, 9.17) is 4.74 Å². The molecule has 1 amide bonds. The number of benzene rings is 2. The zero-order valence-electron chi connectivity index (χ0n) is 13.4. The molecule has 0 spiro atoms. The van der Waals surface area contributed by atoms with Crippen LogP contribution >= 0.6 is 0 Å². The molecule has 0 saturated heterocycles. The van der Waals surface area contributed by atoms with Crippen molar-refractivity contribution in [3.8, 4) is 5.75 Å². The molecular formula is C18H18FNO3S. The molecule has 1 N–H and O–H groups in total. The van der Waals surface area contributed by atoms with Crippen LogP contribution in [0.5, 0.6) is 5.75 Å². The Morgan fingerprint density at radius 2 is 1.96 bits per heavy atom. The molecule has 1 fully saturated rings. The van der Waals surface area contributed by atoms with Crippen LogP contribution < -0.4 is 10.1 Å². The van der Waals surface area contributed by atoms with E-state index < -0.39 is 16.6 Å². The quantitative estimate of drug-likeness (QED) is 0.903. The lowest BCUT2D eigenvalue weighted by molar-refractivity contribution is -0.117. The molecule has 0 radical (unpaired) electrons. The van der Waals surface area contributed by atoms with Gasteiger partial charge in [0.1, 0.15) is 11.6 Å². The van der Waals surface area contributed by atoms with Crippen LogP contribution in [-0.2, 0) is 15.6 Å². The summed E-state index contributed by atoms with van der Waals surface area (Å²) in [7, 11) is 0.223. The first-order chi connectivity index (χ1) is 11.5. The highest BCUT2D eigenvalue weighted by atomic mass is 32.2. The fourth-order valence-electron chi connectivity index (χ4n) is 2.75. The van der Waals surface area contributed by atoms with Crippen molar-refractivity contribution in [1.29, 1.82) is 0 Å². The van der Waals surface area contributed by atoms with Gasteiger partial charge in [-0.25, -0.2) is 4.39 Å². The van der Waals surface area contributed by atoms with E-state index >= 15 is 0 Å². The van der Waals surface area contributed by atoms with E-state index in [2.05, 4.69) is 5.32 Å². The standard InChI is InChI=1S/C18H18FNO3S/c1-23-13-6-3-11(4-7-13)14-10-15(14)18(21)20-12-5-8-17(24(2)22)16(19)9-12/h3-9,14-15H,10H2,1-2H3,(H,20,21)/t14-,15-,24-/m0/s1. The molecule has 1 saturated carbocycles. The van der Waals surface area contributed by atoms with Crippen molar-refractivity contribution in [2.45, 2.75) is 17.2 Å². The minimum atomic E-state index is -1.39. The van der Waals surface area contributed by atoms with Crippen LogP contribution in [0.2, 0.25) is 0 Å². The molecule has 0 heterocycles. The van der Waals surface area contributed by atoms with Gasteiger partial charge in [0.25, 0.3) is 0 Å². The molecule has 0 unspecified atom stereocenters. The van der Waals surface area contributed by atoms with Gasteiger partial charge in [-0.3, -0.25) is 9.00 Å². The van der Waals surface area contributed by atoms with Crippen LogP contribution in [-0.4, -0.2) is 23.5 Å². The average Bonchev–Trinajstić information content (AvgIpc) is 3.35. The van der Waals surface area contributed by atoms with E-state index in [9.17, 15) is 13.4 Å². The van der Waals surface area contributed by atoms with Gasteiger partial charge in [-0.05, 0) is 48.2 Å². The van der Waals surface area contributed by atoms with Gasteiger partial charge >= 0.3 is 0 Å². The SMILES string of the molecule is COc1ccc([C@@H]2C[C@@H]2C(=O)Nc2ccc([S@](C)=O)c(F)c2)cc1. The summed E-state index contributed by atoms with van der Waals surface area (Å²) in [6.07, 6.45) is 2.19. The fraction of sp³-hybridized carbons (Fsp3) is 0.278. The van der Waals surface area contributed by atoms with E-state index in [0.29, 0.717) is 5.69 Å². The van der Waals surface area contributed by atoms with Gasteiger partial charge in [-0.2, -0.15) is 0 Å². The molecule has 0 bridgehead atoms. The van der Waals surface area contributed by atoms with Crippen LogP contribution in [0.3, 0.4) is 0 Å². The number of carbonyl (C=O) groups is 1. The van der Waals surface area contributed by atoms with E-state index in [1.807, 2.05) is 24.3 Å². The molecule has 1 aliphatic carbocycles. The lowest BCUT2D eigenvalue weighted by Crippen LogP contribution is -2.14. The summed E-state index contributed by atoms with van der Waals surface area (Å²) in [4.78, 5) is 12.4. The van der Waals surface area contributed by atoms with E-state index in [-0.39, 0.29) is 22.6 Å². The Bertz CT molecular complexity index is 791. The number of carbonyl (C=O) groups excluding carboxylic acids is 1. The second-order valence-corrected chi connectivity index (χ2v) is 7.16. The Morgan fingerprint density at radius 3 is 2.54 bits per heavy atom. The van der Waals surface area contributed by atoms with Crippen LogP contribution in [0.1, 0.15) is 17.9 Å². The first-order valence-corrected chi connectivity index (χ1v) is 9.13. The van der Waals surface area contributed by atoms with Crippen molar-refractivity contribution in [3.05, 3.63) is 53.8 Å². The van der Waals surface area contributed by atoms with Crippen molar-refractivity contribution in [2.75, 3.05) is 18.7 Å². The Kier molecular flexibility index (Phi) is 4.66. The number of hydrogen-bond acceptors (Lipinski definition) is 3. The lowest BCUT2D eigenvalue weighted by Gasteiger charge is -2.07. The summed E-state index contributed by atoms with van der Waals surface area (Å²) in [6.45, 7) is 0. The predicted molar refractivity (Wildman–Crippen MR) is 91.2 cm³/mol. The van der Waals surface area contributed by atoms with Crippen LogP contribution in [0.25, 0.3) is 0 Å². The number of anilines is 1. The van der Waals surface area contributed by atoms with Gasteiger partial charge in [0.05, 0.1) is 22.8 Å². The second-order valence-electron chi connectivity index (χ2n) is 5.81. The minimum absolute atomic E-state index is 0.110. The first-order valence-electron chi connectivity index (χ1n) is 7.57. The van der Waals surface area contributed by atoms with Crippen LogP contribution in [0, 0.1) is 11.7 Å². The van der Waals surface area contributed by atoms with Crippen molar-refractivity contribution in [1.82, 2.24) is 0 Å². The Morgan fingerprint density at radius 1 is 1.25 bits per heavy atom. The maximum Gasteiger partial charge on any atom is 0.228 e. The molecule has 2 aromatic rings. The Hall–Kier alpha value is -2.21. The summed E-state index contributed by atoms with van der Waals surface area (Å²) >= 11 is 0. The Balaban J connectivity index is 1.64. The first kappa shape index (κ1) is 16.6. The summed E-state index contributed by atoms with van der Waals surface area (Å²) in [5, 5.41) is 2.73. The molecule has 3 rings (SSSR count). The fourth-order valence-corrected chi connectivity index (χ4v) is 3.34. The molecule has 3 atom stereocenters. The third-order valence-electron chi connectivity index (χ3n) is 4.18. The zero-order chi connectivity index (χ0) is 17.3. The summed E-state index contributed by atoms with van der Waals surface area (Å²) in [5.41, 5.74) is 1.48. The van der Waals surface area contributed by atoms with Crippen molar-refractivity contribution < 1.29 is 18.1 Å². The number of halogens is 1. The van der Waals surface area contributed by atoms with Gasteiger partial charge in [0.2, 0.25) is 5.91 Å². The van der Waals surface area contributed by atoms with Crippen molar-refractivity contribution >= 4 is 22.4 Å². The molecule has 24 heavy (non-hydrogen) atoms. The number of hydrogen-bond donors (Lipinski definition) is 1. The topological polar surface area (TPSA) is 55.4 Å². The van der Waals surface area contributed by atoms with Crippen molar-refractivity contribution in [2.24, 2.45) is 5.92 Å². The van der Waals surface area contributed by atoms with Gasteiger partial charge in [0.15, 0.2) is 0 Å². The van der Waals surface area contributed by atoms with Gasteiger partial charge in [-0.15, -0.1) is 0 Å². The molecule has 2 aromatic carbocycles. The predicted octanol–water partition coefficient (Wildman–Crippen LogP) is 3.31. The zero-order valence-corrected chi connectivity index (χ0v) is 14.2. The van der Waals surface area contributed by atoms with E-state index in [1.165, 1.54) is 18.4 Å². The summed E-state index contributed by atoms with van der Waals surface area (Å²) in [5.74, 6) is 0.158. The van der Waals surface area contributed by atoms with Gasteiger partial charge < -0.3 is 10.1 Å². The lowest BCUT2D eigenvalue weighted by atomic mass is 10.1. The van der Waals surface area contributed by atoms with Crippen LogP contribution in [0.15, 0.2) is 47.4 Å². The number of rotatable bonds is 5. The average molecular weight is 347 g/mol. The molecule has 6 heteroatoms. The number of methoxy groups -OCH3 is 1. The molecule has 0 aliphatic heterocycles. The highest BCUT2D eigenvalue weighted by molar-refractivity contribution is 7.84. The maximum atomic E-state index is 13.8. The minimum Gasteiger partial charge on any atom is -0.497 e. The molecule has 4 nitrogen and oxygen atoms in total. The van der Waals surface area contributed by atoms with Gasteiger partial charge in [0, 0.05) is 17.9 Å². The second kappa shape index (κ2) is 6.73. The van der Waals surface area contributed by atoms with Gasteiger partial charge in [-0.1, -0.05) is 12.1 Å². The maximum absolute atomic E-state index is 13.8. The largest absolute Gasteiger partial charge is 0.497 e. The molecule has 1 aliphatic rings. The van der Waals surface area contributed by atoms with E-state index in [1.54, 1.807) is 13.2 Å². The molecular weight excluding hydrogens is 329 g/mol. The monoisotopic (exact) mass is 347 g/mol. The summed E-state index contributed by atoms with van der Waals surface area (Å²) in [6, 6.07) is 11.9. The third-order valence-corrected chi connectivity index (χ3v) is 5.13. The number of ether oxygens (including phenoxy) is 1. The number of nitrogens with one attached hydrogen (secondary N) is 1. The van der Waals surface area contributed by atoms with Crippen molar-refractivity contribution in [3.63, 3.8) is 0 Å². The Labute approximate surface area is 142 Å². The highest BCUT2D eigenvalue weighted by Gasteiger charge is 2.43. The third kappa shape index (κ3) is 3.48. The van der Waals surface area contributed by atoms with E-state index in [0.717, 1.165) is 17.7 Å². The normalized spacial score (nSPS) is 20.3. The van der Waals surface area contributed by atoms with Crippen LogP contribution in [0.4, 0.5) is 10.1 Å². The molecule has 126 valence electrons. The number of amides is 1. The molecule has 0 aromatic heterocycles. The smallest absolute Gasteiger partial charge is 0.228 e. The summed E-state index contributed by atoms with van der Waals surface area (Å²) < 4.78 is 30.3.